The molecule has 0 aliphatic rings. The molecular formula is C22H23ClO4. The van der Waals surface area contributed by atoms with Crippen molar-refractivity contribution in [3.05, 3.63) is 69.8 Å². The van der Waals surface area contributed by atoms with Crippen molar-refractivity contribution in [2.45, 2.75) is 19.8 Å². The molecule has 5 heteroatoms. The molecule has 0 aliphatic carbocycles. The van der Waals surface area contributed by atoms with E-state index in [2.05, 4.69) is 6.58 Å². The first-order valence-corrected chi connectivity index (χ1v) is 8.85. The molecule has 0 radical (unpaired) electrons. The van der Waals surface area contributed by atoms with Gasteiger partial charge in [0.2, 0.25) is 0 Å². The summed E-state index contributed by atoms with van der Waals surface area (Å²) >= 11 is 6.56. The molecule has 2 aromatic rings. The van der Waals surface area contributed by atoms with Gasteiger partial charge in [-0.25, -0.2) is 4.79 Å². The number of hydrogen-bond donors (Lipinski definition) is 1. The number of rotatable bonds is 7. The second kappa shape index (κ2) is 9.28. The fourth-order valence-electron chi connectivity index (χ4n) is 2.74. The number of phenols is 1. The van der Waals surface area contributed by atoms with Gasteiger partial charge < -0.3 is 14.6 Å². The smallest absolute Gasteiger partial charge is 0.342 e. The number of aromatic hydroxyl groups is 1. The summed E-state index contributed by atoms with van der Waals surface area (Å²) in [5.41, 5.74) is 2.70. The van der Waals surface area contributed by atoms with Crippen molar-refractivity contribution in [1.29, 1.82) is 0 Å². The molecule has 0 saturated carbocycles. The Morgan fingerprint density at radius 1 is 1.22 bits per heavy atom. The number of ether oxygens (including phenoxy) is 2. The highest BCUT2D eigenvalue weighted by Crippen LogP contribution is 2.43. The molecule has 0 atom stereocenters. The third-order valence-corrected chi connectivity index (χ3v) is 4.51. The van der Waals surface area contributed by atoms with E-state index in [0.717, 1.165) is 11.1 Å². The average Bonchev–Trinajstić information content (AvgIpc) is 2.66. The summed E-state index contributed by atoms with van der Waals surface area (Å²) in [4.78, 5) is 12.4. The SMILES string of the molecule is C=C(C)CCc1c(O)c(C(=O)OC)c(C=Cc2ccccc2)c(Cl)c1OC. The van der Waals surface area contributed by atoms with Gasteiger partial charge in [-0.2, -0.15) is 0 Å². The van der Waals surface area contributed by atoms with Crippen LogP contribution in [0.2, 0.25) is 5.02 Å². The van der Waals surface area contributed by atoms with Gasteiger partial charge in [0.1, 0.15) is 17.1 Å². The number of hydrogen-bond acceptors (Lipinski definition) is 4. The summed E-state index contributed by atoms with van der Waals surface area (Å²) in [5, 5.41) is 11.1. The van der Waals surface area contributed by atoms with Gasteiger partial charge in [-0.1, -0.05) is 59.7 Å². The Labute approximate surface area is 164 Å². The quantitative estimate of drug-likeness (QED) is 0.386. The summed E-state index contributed by atoms with van der Waals surface area (Å²) in [5.74, 6) is -0.505. The molecular weight excluding hydrogens is 364 g/mol. The Kier molecular flexibility index (Phi) is 7.08. The molecule has 4 nitrogen and oxygen atoms in total. The first kappa shape index (κ1) is 20.6. The largest absolute Gasteiger partial charge is 0.507 e. The van der Waals surface area contributed by atoms with Crippen molar-refractivity contribution in [3.63, 3.8) is 0 Å². The second-order valence-corrected chi connectivity index (χ2v) is 6.53. The Hall–Kier alpha value is -2.72. The fourth-order valence-corrected chi connectivity index (χ4v) is 3.09. The Bertz CT molecular complexity index is 870. The molecule has 27 heavy (non-hydrogen) atoms. The first-order chi connectivity index (χ1) is 12.9. The molecule has 0 bridgehead atoms. The lowest BCUT2D eigenvalue weighted by Gasteiger charge is -2.18. The zero-order valence-electron chi connectivity index (χ0n) is 15.7. The lowest BCUT2D eigenvalue weighted by Crippen LogP contribution is -2.08. The molecule has 142 valence electrons. The molecule has 0 aromatic heterocycles. The van der Waals surface area contributed by atoms with E-state index in [9.17, 15) is 9.90 Å². The maximum absolute atomic E-state index is 12.4. The Balaban J connectivity index is 2.67. The van der Waals surface area contributed by atoms with Crippen LogP contribution in [0.5, 0.6) is 11.5 Å². The summed E-state index contributed by atoms with van der Waals surface area (Å²) in [6, 6.07) is 9.55. The number of esters is 1. The number of benzene rings is 2. The minimum atomic E-state index is -0.665. The molecule has 0 fully saturated rings. The van der Waals surface area contributed by atoms with Gasteiger partial charge in [0.25, 0.3) is 0 Å². The van der Waals surface area contributed by atoms with E-state index in [1.54, 1.807) is 12.2 Å². The van der Waals surface area contributed by atoms with Crippen molar-refractivity contribution in [3.8, 4) is 11.5 Å². The summed E-state index contributed by atoms with van der Waals surface area (Å²) in [6.45, 7) is 5.77. The molecule has 2 rings (SSSR count). The van der Waals surface area contributed by atoms with Crippen LogP contribution in [0.4, 0.5) is 0 Å². The van der Waals surface area contributed by atoms with E-state index in [0.29, 0.717) is 29.7 Å². The van der Waals surface area contributed by atoms with Crippen LogP contribution in [0.1, 0.15) is 40.4 Å². The average molecular weight is 387 g/mol. The van der Waals surface area contributed by atoms with Crippen LogP contribution >= 0.6 is 11.6 Å². The Morgan fingerprint density at radius 2 is 1.89 bits per heavy atom. The standard InChI is InChI=1S/C22H23ClO4/c1-14(2)10-12-17-20(24)18(22(25)27-4)16(19(23)21(17)26-3)13-11-15-8-6-5-7-9-15/h5-9,11,13,24H,1,10,12H2,2-4H3. The minimum Gasteiger partial charge on any atom is -0.507 e. The molecule has 0 heterocycles. The highest BCUT2D eigenvalue weighted by Gasteiger charge is 2.27. The predicted molar refractivity (Wildman–Crippen MR) is 110 cm³/mol. The van der Waals surface area contributed by atoms with Gasteiger partial charge in [-0.15, -0.1) is 6.58 Å². The first-order valence-electron chi connectivity index (χ1n) is 8.47. The van der Waals surface area contributed by atoms with Gasteiger partial charge in [-0.05, 0) is 25.3 Å². The maximum Gasteiger partial charge on any atom is 0.342 e. The molecule has 0 amide bonds. The molecule has 1 N–H and O–H groups in total. The van der Waals surface area contributed by atoms with Gasteiger partial charge in [0, 0.05) is 11.1 Å². The van der Waals surface area contributed by atoms with Crippen LogP contribution in [-0.4, -0.2) is 25.3 Å². The number of phenolic OH excluding ortho intramolecular Hbond substituents is 1. The third-order valence-electron chi connectivity index (χ3n) is 4.14. The van der Waals surface area contributed by atoms with Crippen LogP contribution in [0.15, 0.2) is 42.5 Å². The minimum absolute atomic E-state index is 0.0206. The van der Waals surface area contributed by atoms with Crippen molar-refractivity contribution in [1.82, 2.24) is 0 Å². The predicted octanol–water partition coefficient (Wildman–Crippen LogP) is 5.52. The normalized spacial score (nSPS) is 10.8. The van der Waals surface area contributed by atoms with Crippen LogP contribution in [0.3, 0.4) is 0 Å². The Morgan fingerprint density at radius 3 is 2.44 bits per heavy atom. The van der Waals surface area contributed by atoms with Gasteiger partial charge in [0.05, 0.1) is 19.2 Å². The highest BCUT2D eigenvalue weighted by molar-refractivity contribution is 6.34. The van der Waals surface area contributed by atoms with Crippen LogP contribution in [0, 0.1) is 0 Å². The fraction of sp³-hybridized carbons (Fsp3) is 0.227. The van der Waals surface area contributed by atoms with Gasteiger partial charge >= 0.3 is 5.97 Å². The molecule has 0 aliphatic heterocycles. The van der Waals surface area contributed by atoms with Crippen molar-refractivity contribution in [2.24, 2.45) is 0 Å². The zero-order chi connectivity index (χ0) is 20.0. The lowest BCUT2D eigenvalue weighted by molar-refractivity contribution is 0.0597. The van der Waals surface area contributed by atoms with E-state index < -0.39 is 5.97 Å². The number of halogens is 1. The molecule has 0 spiro atoms. The number of allylic oxidation sites excluding steroid dienone is 1. The summed E-state index contributed by atoms with van der Waals surface area (Å²) in [7, 11) is 2.74. The third kappa shape index (κ3) is 4.72. The highest BCUT2D eigenvalue weighted by atomic mass is 35.5. The number of carbonyl (C=O) groups excluding carboxylic acids is 1. The summed E-state index contributed by atoms with van der Waals surface area (Å²) < 4.78 is 10.3. The lowest BCUT2D eigenvalue weighted by atomic mass is 9.96. The van der Waals surface area contributed by atoms with E-state index in [4.69, 9.17) is 21.1 Å². The molecule has 0 saturated heterocycles. The molecule has 0 unspecified atom stereocenters. The maximum atomic E-state index is 12.4. The van der Waals surface area contributed by atoms with E-state index in [1.807, 2.05) is 37.3 Å². The monoisotopic (exact) mass is 386 g/mol. The van der Waals surface area contributed by atoms with Crippen LogP contribution in [0.25, 0.3) is 12.2 Å². The van der Waals surface area contributed by atoms with E-state index in [-0.39, 0.29) is 16.3 Å². The van der Waals surface area contributed by atoms with Crippen LogP contribution in [-0.2, 0) is 11.2 Å². The van der Waals surface area contributed by atoms with Gasteiger partial charge in [0.15, 0.2) is 0 Å². The zero-order valence-corrected chi connectivity index (χ0v) is 16.5. The number of methoxy groups -OCH3 is 2. The van der Waals surface area contributed by atoms with Crippen LogP contribution < -0.4 is 4.74 Å². The van der Waals surface area contributed by atoms with Crippen molar-refractivity contribution >= 4 is 29.7 Å². The summed E-state index contributed by atoms with van der Waals surface area (Å²) in [6.07, 6.45) is 4.55. The van der Waals surface area contributed by atoms with E-state index >= 15 is 0 Å². The van der Waals surface area contributed by atoms with E-state index in [1.165, 1.54) is 14.2 Å². The second-order valence-electron chi connectivity index (χ2n) is 6.16. The topological polar surface area (TPSA) is 55.8 Å². The van der Waals surface area contributed by atoms with Crippen molar-refractivity contribution < 1.29 is 19.4 Å². The number of carbonyl (C=O) groups is 1. The molecule has 2 aromatic carbocycles. The van der Waals surface area contributed by atoms with Gasteiger partial charge in [-0.3, -0.25) is 0 Å². The van der Waals surface area contributed by atoms with Crippen molar-refractivity contribution in [2.75, 3.05) is 14.2 Å².